The number of imidazole rings is 1. The fourth-order valence-electron chi connectivity index (χ4n) is 2.82. The minimum Gasteiger partial charge on any atom is -0.397 e. The molecule has 3 N–H and O–H groups in total. The third-order valence-electron chi connectivity index (χ3n) is 3.97. The van der Waals surface area contributed by atoms with Crippen LogP contribution >= 0.6 is 0 Å². The number of aliphatic hydroxyl groups is 3. The number of hydrogen-bond donors (Lipinski definition) is 3. The van der Waals surface area contributed by atoms with Gasteiger partial charge in [0, 0.05) is 7.05 Å². The van der Waals surface area contributed by atoms with E-state index in [0.717, 1.165) is 0 Å². The van der Waals surface area contributed by atoms with E-state index in [1.165, 1.54) is 7.11 Å². The van der Waals surface area contributed by atoms with Gasteiger partial charge in [0.05, 0.1) is 13.7 Å². The highest BCUT2D eigenvalue weighted by Gasteiger charge is 2.46. The first-order chi connectivity index (χ1) is 11.0. The molecule has 0 saturated carbocycles. The van der Waals surface area contributed by atoms with Crippen LogP contribution in [0, 0.1) is 0 Å². The topological polar surface area (TPSA) is 118 Å². The average Bonchev–Trinajstić information content (AvgIpc) is 3.01. The quantitative estimate of drug-likeness (QED) is 0.416. The molecule has 0 spiro atoms. The molecule has 126 valence electrons. The molecule has 1 saturated heterocycles. The summed E-state index contributed by atoms with van der Waals surface area (Å²) in [4.78, 5) is 9.23. The van der Waals surface area contributed by atoms with Gasteiger partial charge in [0.25, 0.3) is 0 Å². The van der Waals surface area contributed by atoms with Gasteiger partial charge in [-0.25, -0.2) is 4.57 Å². The maximum absolute atomic E-state index is 10.2. The average molecular weight is 326 g/mol. The van der Waals surface area contributed by atoms with E-state index >= 15 is 0 Å². The molecule has 2 aromatic heterocycles. The van der Waals surface area contributed by atoms with Gasteiger partial charge in [-0.2, -0.15) is 0 Å². The minimum absolute atomic E-state index is 0.382. The number of aryl methyl sites for hydroxylation is 2. The number of aromatic nitrogens is 4. The molecular formula is C13H20N5O5+. The van der Waals surface area contributed by atoms with Crippen LogP contribution in [0.25, 0.3) is 11.2 Å². The van der Waals surface area contributed by atoms with Gasteiger partial charge in [-0.3, -0.25) is 4.57 Å². The minimum atomic E-state index is -1.18. The van der Waals surface area contributed by atoms with Crippen molar-refractivity contribution in [3.63, 3.8) is 0 Å². The van der Waals surface area contributed by atoms with Gasteiger partial charge in [0.15, 0.2) is 12.7 Å². The van der Waals surface area contributed by atoms with Crippen molar-refractivity contribution in [3.8, 4) is 0 Å². The number of hydrogen-bond acceptors (Lipinski definition) is 7. The monoisotopic (exact) mass is 326 g/mol. The zero-order chi connectivity index (χ0) is 16.7. The van der Waals surface area contributed by atoms with E-state index in [1.807, 2.05) is 0 Å². The molecule has 0 bridgehead atoms. The molecule has 23 heavy (non-hydrogen) atoms. The molecule has 1 aliphatic heterocycles. The largest absolute Gasteiger partial charge is 0.397 e. The zero-order valence-electron chi connectivity index (χ0n) is 13.1. The van der Waals surface area contributed by atoms with E-state index in [2.05, 4.69) is 10.1 Å². The summed E-state index contributed by atoms with van der Waals surface area (Å²) in [6.45, 7) is -0.382. The molecule has 1 fully saturated rings. The van der Waals surface area contributed by atoms with Gasteiger partial charge in [0.1, 0.15) is 25.4 Å². The maximum Gasteiger partial charge on any atom is 0.309 e. The molecular weight excluding hydrogens is 306 g/mol. The van der Waals surface area contributed by atoms with E-state index < -0.39 is 24.5 Å². The van der Waals surface area contributed by atoms with Gasteiger partial charge in [-0.05, 0) is 0 Å². The smallest absolute Gasteiger partial charge is 0.309 e. The fraction of sp³-hybridized carbons (Fsp3) is 0.615. The summed E-state index contributed by atoms with van der Waals surface area (Å²) in [5.41, 5.74) is 1.73. The Morgan fingerprint density at radius 2 is 2.09 bits per heavy atom. The Morgan fingerprint density at radius 3 is 2.70 bits per heavy atom. The highest BCUT2D eigenvalue weighted by molar-refractivity contribution is 5.65. The second kappa shape index (κ2) is 5.89. The summed E-state index contributed by atoms with van der Waals surface area (Å²) in [6.07, 6.45) is -0.802. The van der Waals surface area contributed by atoms with E-state index in [4.69, 9.17) is 9.57 Å². The van der Waals surface area contributed by atoms with Crippen LogP contribution in [0.15, 0.2) is 17.8 Å². The predicted octanol–water partition coefficient (Wildman–Crippen LogP) is -2.73. The molecule has 10 nitrogen and oxygen atoms in total. The van der Waals surface area contributed by atoms with Crippen molar-refractivity contribution in [1.82, 2.24) is 14.1 Å². The Balaban J connectivity index is 2.18. The lowest BCUT2D eigenvalue weighted by molar-refractivity contribution is -0.746. The van der Waals surface area contributed by atoms with E-state index in [9.17, 15) is 15.3 Å². The zero-order valence-corrected chi connectivity index (χ0v) is 13.1. The number of aliphatic hydroxyl groups excluding tert-OH is 3. The molecule has 1 aliphatic rings. The number of nitrogens with zero attached hydrogens (tertiary/aromatic N) is 5. The Morgan fingerprint density at radius 1 is 1.35 bits per heavy atom. The van der Waals surface area contributed by atoms with Crippen LogP contribution in [0.1, 0.15) is 6.23 Å². The van der Waals surface area contributed by atoms with Crippen LogP contribution in [0.2, 0.25) is 0 Å². The molecule has 0 amide bonds. The molecule has 0 aromatic carbocycles. The number of ether oxygens (including phenoxy) is 1. The highest BCUT2D eigenvalue weighted by Crippen LogP contribution is 2.26. The molecule has 0 aliphatic carbocycles. The van der Waals surface area contributed by atoms with Crippen LogP contribution in [0.5, 0.6) is 0 Å². The third kappa shape index (κ3) is 2.39. The lowest BCUT2D eigenvalue weighted by atomic mass is 10.1. The van der Waals surface area contributed by atoms with Crippen LogP contribution in [0.4, 0.5) is 0 Å². The Bertz CT molecular complexity index is 785. The molecule has 3 rings (SSSR count). The standard InChI is InChI=1S/C13H20N5O5/c1-16-5-14-11-8(12(16)15-22-3)17(2)6-18(11)13-10(21)9(20)7(4-19)23-13/h5-7,9-10,13,19-21H,4H2,1-3H3/q+1/b15-12-/t7-,9-,10-,13-/m1/s1. The van der Waals surface area contributed by atoms with Crippen molar-refractivity contribution in [2.75, 3.05) is 13.7 Å². The van der Waals surface area contributed by atoms with E-state index in [-0.39, 0.29) is 6.61 Å². The van der Waals surface area contributed by atoms with Crippen molar-refractivity contribution in [2.45, 2.75) is 24.5 Å². The van der Waals surface area contributed by atoms with Crippen LogP contribution < -0.4 is 10.1 Å². The second-order valence-electron chi connectivity index (χ2n) is 5.49. The summed E-state index contributed by atoms with van der Waals surface area (Å²) in [5.74, 6) is 0. The lowest BCUT2D eigenvalue weighted by Crippen LogP contribution is -2.46. The lowest BCUT2D eigenvalue weighted by Gasteiger charge is -2.12. The molecule has 2 aromatic rings. The van der Waals surface area contributed by atoms with Crippen molar-refractivity contribution < 1.29 is 29.5 Å². The molecule has 0 radical (unpaired) electrons. The van der Waals surface area contributed by atoms with Crippen LogP contribution in [-0.2, 0) is 23.7 Å². The number of rotatable bonds is 3. The maximum atomic E-state index is 10.2. The first-order valence-corrected chi connectivity index (χ1v) is 7.11. The molecule has 10 heteroatoms. The fourth-order valence-corrected chi connectivity index (χ4v) is 2.82. The highest BCUT2D eigenvalue weighted by atomic mass is 16.6. The summed E-state index contributed by atoms with van der Waals surface area (Å²) in [6, 6.07) is 0. The van der Waals surface area contributed by atoms with Crippen molar-refractivity contribution in [1.29, 1.82) is 0 Å². The molecule has 3 heterocycles. The van der Waals surface area contributed by atoms with E-state index in [0.29, 0.717) is 16.7 Å². The SMILES string of the molecule is CO/N=c1/c2c(ncn1C)[n+]([C@@H]1O[C@H](CO)[C@@H](O)[C@H]1O)cn2C. The van der Waals surface area contributed by atoms with Crippen LogP contribution in [-0.4, -0.2) is 61.5 Å². The first kappa shape index (κ1) is 15.9. The third-order valence-corrected chi connectivity index (χ3v) is 3.97. The van der Waals surface area contributed by atoms with Crippen molar-refractivity contribution >= 4 is 11.2 Å². The van der Waals surface area contributed by atoms with Gasteiger partial charge in [-0.1, -0.05) is 10.1 Å². The second-order valence-corrected chi connectivity index (χ2v) is 5.49. The summed E-state index contributed by atoms with van der Waals surface area (Å²) >= 11 is 0. The summed E-state index contributed by atoms with van der Waals surface area (Å²) < 4.78 is 10.6. The first-order valence-electron chi connectivity index (χ1n) is 7.11. The predicted molar refractivity (Wildman–Crippen MR) is 75.5 cm³/mol. The summed E-state index contributed by atoms with van der Waals surface area (Å²) in [7, 11) is 5.04. The van der Waals surface area contributed by atoms with Gasteiger partial charge in [0.2, 0.25) is 17.2 Å². The van der Waals surface area contributed by atoms with Crippen molar-refractivity contribution in [2.24, 2.45) is 19.3 Å². The number of fused-ring (bicyclic) bond motifs is 1. The molecule has 0 unspecified atom stereocenters. The van der Waals surface area contributed by atoms with E-state index in [1.54, 1.807) is 40.5 Å². The van der Waals surface area contributed by atoms with Crippen molar-refractivity contribution in [3.05, 3.63) is 18.1 Å². The summed E-state index contributed by atoms with van der Waals surface area (Å²) in [5, 5.41) is 33.4. The van der Waals surface area contributed by atoms with Gasteiger partial charge in [-0.15, -0.1) is 0 Å². The normalized spacial score (nSPS) is 28.7. The van der Waals surface area contributed by atoms with Gasteiger partial charge < -0.3 is 29.5 Å². The molecule has 4 atom stereocenters. The Hall–Kier alpha value is -2.01. The Kier molecular flexibility index (Phi) is 4.06. The van der Waals surface area contributed by atoms with Crippen LogP contribution in [0.3, 0.4) is 0 Å². The Labute approximate surface area is 131 Å². The van der Waals surface area contributed by atoms with Gasteiger partial charge >= 0.3 is 5.65 Å².